The van der Waals surface area contributed by atoms with E-state index in [9.17, 15) is 9.59 Å². The molecule has 2 amide bonds. The van der Waals surface area contributed by atoms with Crippen LogP contribution in [0, 0.1) is 0 Å². The fraction of sp³-hybridized carbons (Fsp3) is 0.429. The van der Waals surface area contributed by atoms with Crippen molar-refractivity contribution in [3.63, 3.8) is 0 Å². The minimum absolute atomic E-state index is 0.201. The minimum atomic E-state index is -1.02. The Morgan fingerprint density at radius 3 is 2.43 bits per heavy atom. The Bertz CT molecular complexity index is 482. The molecule has 0 aliphatic heterocycles. The number of aliphatic carboxylic acids is 1. The van der Waals surface area contributed by atoms with Crippen molar-refractivity contribution in [3.8, 4) is 0 Å². The summed E-state index contributed by atoms with van der Waals surface area (Å²) in [6, 6.07) is 6.05. The smallest absolute Gasteiger partial charge is 0.326 e. The highest BCUT2D eigenvalue weighted by Gasteiger charge is 2.20. The number of nitrogens with one attached hydrogen (secondary N) is 2. The third kappa shape index (κ3) is 6.39. The third-order valence-electron chi connectivity index (χ3n) is 2.93. The van der Waals surface area contributed by atoms with Gasteiger partial charge in [0.25, 0.3) is 0 Å². The van der Waals surface area contributed by atoms with Crippen molar-refractivity contribution in [1.82, 2.24) is 10.6 Å². The van der Waals surface area contributed by atoms with Gasteiger partial charge >= 0.3 is 12.0 Å². The van der Waals surface area contributed by atoms with Crippen LogP contribution in [0.25, 0.3) is 0 Å². The lowest BCUT2D eigenvalue weighted by molar-refractivity contribution is -0.139. The van der Waals surface area contributed by atoms with E-state index >= 15 is 0 Å². The maximum Gasteiger partial charge on any atom is 0.326 e. The predicted molar refractivity (Wildman–Crippen MR) is 88.6 cm³/mol. The highest BCUT2D eigenvalue weighted by molar-refractivity contribution is 9.10. The van der Waals surface area contributed by atoms with E-state index in [1.54, 1.807) is 11.8 Å². The zero-order valence-corrected chi connectivity index (χ0v) is 14.3. The number of urea groups is 1. The average Bonchev–Trinajstić information content (AvgIpc) is 2.43. The van der Waals surface area contributed by atoms with Gasteiger partial charge in [0, 0.05) is 4.47 Å². The summed E-state index contributed by atoms with van der Waals surface area (Å²) in [5, 5.41) is 14.3. The van der Waals surface area contributed by atoms with Crippen molar-refractivity contribution in [1.29, 1.82) is 0 Å². The maximum atomic E-state index is 11.9. The summed E-state index contributed by atoms with van der Waals surface area (Å²) in [5.74, 6) is -0.338. The van der Waals surface area contributed by atoms with Gasteiger partial charge < -0.3 is 15.7 Å². The number of carbonyl (C=O) groups excluding carboxylic acids is 1. The number of halogens is 1. The molecular formula is C14H19BrN2O3S. The van der Waals surface area contributed by atoms with Gasteiger partial charge in [-0.2, -0.15) is 11.8 Å². The van der Waals surface area contributed by atoms with E-state index in [2.05, 4.69) is 26.6 Å². The SMILES string of the molecule is CSCC[C@@H](NC(=O)NC(C)c1ccc(Br)cc1)C(=O)O. The van der Waals surface area contributed by atoms with E-state index in [-0.39, 0.29) is 6.04 Å². The standard InChI is InChI=1S/C14H19BrN2O3S/c1-9(10-3-5-11(15)6-4-10)16-14(20)17-12(13(18)19)7-8-21-2/h3-6,9,12H,7-8H2,1-2H3,(H,18,19)(H2,16,17,20)/t9?,12-/m1/s1. The van der Waals surface area contributed by atoms with Crippen LogP contribution < -0.4 is 10.6 Å². The van der Waals surface area contributed by atoms with Crippen LogP contribution in [0.2, 0.25) is 0 Å². The number of thioether (sulfide) groups is 1. The number of carbonyl (C=O) groups is 2. The van der Waals surface area contributed by atoms with Crippen LogP contribution in [0.4, 0.5) is 4.79 Å². The highest BCUT2D eigenvalue weighted by atomic mass is 79.9. The van der Waals surface area contributed by atoms with Gasteiger partial charge in [-0.25, -0.2) is 9.59 Å². The molecule has 0 aliphatic rings. The lowest BCUT2D eigenvalue weighted by Crippen LogP contribution is -2.46. The van der Waals surface area contributed by atoms with Crippen LogP contribution in [-0.4, -0.2) is 35.2 Å². The van der Waals surface area contributed by atoms with E-state index in [4.69, 9.17) is 5.11 Å². The number of hydrogen-bond donors (Lipinski definition) is 3. The van der Waals surface area contributed by atoms with E-state index in [0.717, 1.165) is 10.0 Å². The van der Waals surface area contributed by atoms with Crippen molar-refractivity contribution in [2.75, 3.05) is 12.0 Å². The lowest BCUT2D eigenvalue weighted by Gasteiger charge is -2.18. The van der Waals surface area contributed by atoms with Crippen molar-refractivity contribution in [2.24, 2.45) is 0 Å². The molecule has 1 unspecified atom stereocenters. The minimum Gasteiger partial charge on any atom is -0.480 e. The first-order chi connectivity index (χ1) is 9.93. The second kappa shape index (κ2) is 8.94. The van der Waals surface area contributed by atoms with Crippen LogP contribution in [0.15, 0.2) is 28.7 Å². The van der Waals surface area contributed by atoms with Gasteiger partial charge in [-0.3, -0.25) is 0 Å². The van der Waals surface area contributed by atoms with Gasteiger partial charge in [0.15, 0.2) is 0 Å². The maximum absolute atomic E-state index is 11.9. The van der Waals surface area contributed by atoms with Crippen LogP contribution in [0.5, 0.6) is 0 Å². The number of amides is 2. The summed E-state index contributed by atoms with van der Waals surface area (Å²) in [6.45, 7) is 1.85. The van der Waals surface area contributed by atoms with E-state index in [0.29, 0.717) is 12.2 Å². The first-order valence-corrected chi connectivity index (χ1v) is 8.67. The fourth-order valence-corrected chi connectivity index (χ4v) is 2.46. The highest BCUT2D eigenvalue weighted by Crippen LogP contribution is 2.16. The van der Waals surface area contributed by atoms with Crippen LogP contribution in [0.1, 0.15) is 24.9 Å². The zero-order chi connectivity index (χ0) is 15.8. The molecule has 0 aliphatic carbocycles. The van der Waals surface area contributed by atoms with Crippen molar-refractivity contribution in [3.05, 3.63) is 34.3 Å². The van der Waals surface area contributed by atoms with Gasteiger partial charge in [-0.05, 0) is 43.0 Å². The van der Waals surface area contributed by atoms with Gasteiger partial charge in [0.05, 0.1) is 6.04 Å². The van der Waals surface area contributed by atoms with E-state index < -0.39 is 18.0 Å². The molecule has 1 rings (SSSR count). The van der Waals surface area contributed by atoms with Gasteiger partial charge in [-0.15, -0.1) is 0 Å². The lowest BCUT2D eigenvalue weighted by atomic mass is 10.1. The molecule has 0 radical (unpaired) electrons. The normalized spacial score (nSPS) is 13.3. The molecule has 0 saturated carbocycles. The van der Waals surface area contributed by atoms with Crippen LogP contribution >= 0.6 is 27.7 Å². The summed E-state index contributed by atoms with van der Waals surface area (Å²) in [5.41, 5.74) is 0.948. The summed E-state index contributed by atoms with van der Waals surface area (Å²) < 4.78 is 0.964. The Morgan fingerprint density at radius 1 is 1.29 bits per heavy atom. The van der Waals surface area contributed by atoms with Gasteiger partial charge in [0.2, 0.25) is 0 Å². The molecule has 21 heavy (non-hydrogen) atoms. The monoisotopic (exact) mass is 374 g/mol. The molecule has 0 bridgehead atoms. The zero-order valence-electron chi connectivity index (χ0n) is 11.9. The molecule has 0 aromatic heterocycles. The molecule has 116 valence electrons. The Morgan fingerprint density at radius 2 is 1.90 bits per heavy atom. The second-order valence-electron chi connectivity index (χ2n) is 4.56. The topological polar surface area (TPSA) is 78.4 Å². The third-order valence-corrected chi connectivity index (χ3v) is 4.10. The number of rotatable bonds is 7. The molecule has 7 heteroatoms. The molecule has 0 spiro atoms. The molecule has 5 nitrogen and oxygen atoms in total. The molecule has 1 aromatic carbocycles. The molecule has 0 fully saturated rings. The van der Waals surface area contributed by atoms with Crippen molar-refractivity contribution in [2.45, 2.75) is 25.4 Å². The summed E-state index contributed by atoms with van der Waals surface area (Å²) >= 11 is 4.90. The van der Waals surface area contributed by atoms with Crippen LogP contribution in [-0.2, 0) is 4.79 Å². The number of carboxylic acids is 1. The molecule has 3 N–H and O–H groups in total. The quantitative estimate of drug-likeness (QED) is 0.685. The summed E-state index contributed by atoms with van der Waals surface area (Å²) in [7, 11) is 0. The van der Waals surface area contributed by atoms with Gasteiger partial charge in [-0.1, -0.05) is 28.1 Å². The molecular weight excluding hydrogens is 356 g/mol. The molecule has 0 heterocycles. The fourth-order valence-electron chi connectivity index (χ4n) is 1.72. The Labute approximate surface area is 137 Å². The number of carboxylic acid groups (broad SMARTS) is 1. The van der Waals surface area contributed by atoms with E-state index in [1.807, 2.05) is 37.4 Å². The van der Waals surface area contributed by atoms with E-state index in [1.165, 1.54) is 0 Å². The van der Waals surface area contributed by atoms with Crippen molar-refractivity contribution >= 4 is 39.7 Å². The molecule has 0 saturated heterocycles. The Balaban J connectivity index is 2.54. The second-order valence-corrected chi connectivity index (χ2v) is 6.46. The first kappa shape index (κ1) is 17.8. The molecule has 2 atom stereocenters. The van der Waals surface area contributed by atoms with Crippen LogP contribution in [0.3, 0.4) is 0 Å². The summed E-state index contributed by atoms with van der Waals surface area (Å²) in [4.78, 5) is 22.9. The average molecular weight is 375 g/mol. The largest absolute Gasteiger partial charge is 0.480 e. The summed E-state index contributed by atoms with van der Waals surface area (Å²) in [6.07, 6.45) is 2.30. The van der Waals surface area contributed by atoms with Crippen molar-refractivity contribution < 1.29 is 14.7 Å². The van der Waals surface area contributed by atoms with Gasteiger partial charge in [0.1, 0.15) is 6.04 Å². The number of benzene rings is 1. The Kier molecular flexibility index (Phi) is 7.60. The molecule has 1 aromatic rings. The Hall–Kier alpha value is -1.21. The first-order valence-electron chi connectivity index (χ1n) is 6.48. The number of hydrogen-bond acceptors (Lipinski definition) is 3. The predicted octanol–water partition coefficient (Wildman–Crippen LogP) is 3.02.